The lowest BCUT2D eigenvalue weighted by molar-refractivity contribution is -0.140. The van der Waals surface area contributed by atoms with Crippen LogP contribution in [-0.4, -0.2) is 22.4 Å². The lowest BCUT2D eigenvalue weighted by atomic mass is 9.44. The summed E-state index contributed by atoms with van der Waals surface area (Å²) in [7, 11) is 0. The zero-order valence-corrected chi connectivity index (χ0v) is 20.9. The van der Waals surface area contributed by atoms with Gasteiger partial charge in [-0.05, 0) is 97.7 Å². The van der Waals surface area contributed by atoms with Gasteiger partial charge in [0.25, 0.3) is 0 Å². The van der Waals surface area contributed by atoms with E-state index in [1.54, 1.807) is 5.57 Å². The van der Waals surface area contributed by atoms with Crippen LogP contribution in [0.3, 0.4) is 0 Å². The van der Waals surface area contributed by atoms with Crippen LogP contribution in [0.5, 0.6) is 0 Å². The summed E-state index contributed by atoms with van der Waals surface area (Å²) in [5.41, 5.74) is 2.03. The number of aliphatic hydroxyl groups excluding tert-OH is 2. The van der Waals surface area contributed by atoms with Crippen molar-refractivity contribution in [2.45, 2.75) is 117 Å². The maximum absolute atomic E-state index is 11.7. The SMILES string of the molecule is CC(C)CCC[C@@H](C)[C@H]1CC[C@H]2[C@@H]3CC=C4C5(CC5)C(O)CC[C@]4(C)[C@H]3CC(O)[C@]12C. The van der Waals surface area contributed by atoms with Gasteiger partial charge < -0.3 is 10.2 Å². The first kappa shape index (κ1) is 22.5. The predicted octanol–water partition coefficient (Wildman–Crippen LogP) is 6.75. The molecule has 5 aliphatic carbocycles. The normalized spacial score (nSPS) is 48.7. The Labute approximate surface area is 191 Å². The average molecular weight is 429 g/mol. The van der Waals surface area contributed by atoms with E-state index in [1.807, 2.05) is 0 Å². The van der Waals surface area contributed by atoms with E-state index in [0.29, 0.717) is 17.8 Å². The van der Waals surface area contributed by atoms with Gasteiger partial charge in [-0.25, -0.2) is 0 Å². The predicted molar refractivity (Wildman–Crippen MR) is 127 cm³/mol. The van der Waals surface area contributed by atoms with Gasteiger partial charge in [-0.1, -0.05) is 65.5 Å². The van der Waals surface area contributed by atoms with Gasteiger partial charge in [0.15, 0.2) is 0 Å². The van der Waals surface area contributed by atoms with Gasteiger partial charge in [0, 0.05) is 5.41 Å². The average Bonchev–Trinajstić information content (AvgIpc) is 3.42. The zero-order valence-electron chi connectivity index (χ0n) is 20.9. The minimum atomic E-state index is -0.156. The molecule has 31 heavy (non-hydrogen) atoms. The number of allylic oxidation sites excluding steroid dienone is 1. The molecule has 4 fully saturated rings. The Bertz CT molecular complexity index is 720. The molecular weight excluding hydrogens is 380 g/mol. The second-order valence-corrected chi connectivity index (χ2v) is 13.5. The third-order valence-corrected chi connectivity index (χ3v) is 11.7. The van der Waals surface area contributed by atoms with Gasteiger partial charge >= 0.3 is 0 Å². The van der Waals surface area contributed by atoms with Crippen LogP contribution in [0.1, 0.15) is 105 Å². The highest BCUT2D eigenvalue weighted by molar-refractivity contribution is 5.37. The van der Waals surface area contributed by atoms with Crippen LogP contribution in [-0.2, 0) is 0 Å². The molecule has 2 nitrogen and oxygen atoms in total. The molecule has 0 heterocycles. The molecule has 4 saturated carbocycles. The van der Waals surface area contributed by atoms with Crippen LogP contribution in [0.2, 0.25) is 0 Å². The van der Waals surface area contributed by atoms with Crippen molar-refractivity contribution in [2.24, 2.45) is 51.8 Å². The summed E-state index contributed by atoms with van der Waals surface area (Å²) in [6.45, 7) is 12.1. The molecule has 0 radical (unpaired) electrons. The van der Waals surface area contributed by atoms with E-state index >= 15 is 0 Å². The van der Waals surface area contributed by atoms with Crippen LogP contribution < -0.4 is 0 Å². The molecule has 5 aliphatic rings. The third kappa shape index (κ3) is 3.17. The van der Waals surface area contributed by atoms with Crippen LogP contribution in [0.25, 0.3) is 0 Å². The Balaban J connectivity index is 1.39. The highest BCUT2D eigenvalue weighted by Gasteiger charge is 2.67. The monoisotopic (exact) mass is 428 g/mol. The molecule has 5 rings (SSSR count). The van der Waals surface area contributed by atoms with Crippen LogP contribution in [0.4, 0.5) is 0 Å². The van der Waals surface area contributed by atoms with Crippen LogP contribution in [0.15, 0.2) is 11.6 Å². The Kier molecular flexibility index (Phi) is 5.50. The molecule has 0 bridgehead atoms. The molecule has 2 heteroatoms. The summed E-state index contributed by atoms with van der Waals surface area (Å²) in [4.78, 5) is 0. The van der Waals surface area contributed by atoms with Gasteiger partial charge in [-0.2, -0.15) is 0 Å². The Morgan fingerprint density at radius 2 is 1.68 bits per heavy atom. The smallest absolute Gasteiger partial charge is 0.0634 e. The van der Waals surface area contributed by atoms with Crippen molar-refractivity contribution >= 4 is 0 Å². The highest BCUT2D eigenvalue weighted by atomic mass is 16.3. The molecular formula is C29H48O2. The third-order valence-electron chi connectivity index (χ3n) is 11.7. The first-order valence-electron chi connectivity index (χ1n) is 13.7. The highest BCUT2D eigenvalue weighted by Crippen LogP contribution is 2.72. The molecule has 1 spiro atoms. The summed E-state index contributed by atoms with van der Waals surface area (Å²) in [5.74, 6) is 4.23. The maximum Gasteiger partial charge on any atom is 0.0634 e. The standard InChI is InChI=1S/C29H48O2/c1-18(2)7-6-8-19(3)21-10-11-22-20-9-12-24-27(4,14-13-25(30)29(24)15-16-29)23(20)17-26(31)28(21,22)5/h12,18-23,25-26,30-31H,6-11,13-17H2,1-5H3/t19-,20+,21-,22+,23+,25?,26?,27-,28-/m1/s1. The quantitative estimate of drug-likeness (QED) is 0.475. The molecule has 2 N–H and O–H groups in total. The molecule has 0 aromatic carbocycles. The molecule has 0 saturated heterocycles. The lowest BCUT2D eigenvalue weighted by Crippen LogP contribution is -2.57. The number of hydrogen-bond donors (Lipinski definition) is 2. The minimum Gasteiger partial charge on any atom is -0.393 e. The first-order chi connectivity index (χ1) is 14.6. The van der Waals surface area contributed by atoms with Crippen molar-refractivity contribution in [3.63, 3.8) is 0 Å². The van der Waals surface area contributed by atoms with Gasteiger partial charge in [0.1, 0.15) is 0 Å². The second-order valence-electron chi connectivity index (χ2n) is 13.5. The van der Waals surface area contributed by atoms with Crippen molar-refractivity contribution < 1.29 is 10.2 Å². The minimum absolute atomic E-state index is 0.103. The van der Waals surface area contributed by atoms with Crippen molar-refractivity contribution in [3.8, 4) is 0 Å². The summed E-state index contributed by atoms with van der Waals surface area (Å²) in [6, 6.07) is 0. The van der Waals surface area contributed by atoms with E-state index in [4.69, 9.17) is 0 Å². The van der Waals surface area contributed by atoms with Gasteiger partial charge in [0.2, 0.25) is 0 Å². The topological polar surface area (TPSA) is 40.5 Å². The van der Waals surface area contributed by atoms with Crippen molar-refractivity contribution in [3.05, 3.63) is 11.6 Å². The van der Waals surface area contributed by atoms with Crippen molar-refractivity contribution in [1.82, 2.24) is 0 Å². The van der Waals surface area contributed by atoms with Gasteiger partial charge in [-0.3, -0.25) is 0 Å². The Morgan fingerprint density at radius 1 is 0.935 bits per heavy atom. The van der Waals surface area contributed by atoms with E-state index in [2.05, 4.69) is 40.7 Å². The Morgan fingerprint density at radius 3 is 2.35 bits per heavy atom. The van der Waals surface area contributed by atoms with E-state index in [9.17, 15) is 10.2 Å². The van der Waals surface area contributed by atoms with Gasteiger partial charge in [0.05, 0.1) is 12.2 Å². The van der Waals surface area contributed by atoms with Crippen molar-refractivity contribution in [2.75, 3.05) is 0 Å². The fourth-order valence-corrected chi connectivity index (χ4v) is 9.79. The van der Waals surface area contributed by atoms with E-state index < -0.39 is 0 Å². The summed E-state index contributed by atoms with van der Waals surface area (Å²) in [6.07, 6.45) is 15.6. The van der Waals surface area contributed by atoms with Crippen LogP contribution in [0, 0.1) is 51.8 Å². The molecule has 0 aliphatic heterocycles. The van der Waals surface area contributed by atoms with E-state index in [0.717, 1.165) is 37.0 Å². The fourth-order valence-electron chi connectivity index (χ4n) is 9.79. The second kappa shape index (κ2) is 7.59. The maximum atomic E-state index is 11.7. The van der Waals surface area contributed by atoms with Crippen LogP contribution >= 0.6 is 0 Å². The summed E-state index contributed by atoms with van der Waals surface area (Å²) in [5, 5.41) is 22.5. The molecule has 0 aromatic rings. The lowest BCUT2D eigenvalue weighted by Gasteiger charge is -2.61. The zero-order chi connectivity index (χ0) is 22.2. The van der Waals surface area contributed by atoms with Gasteiger partial charge in [-0.15, -0.1) is 0 Å². The number of rotatable bonds is 5. The molecule has 2 unspecified atom stereocenters. The first-order valence-corrected chi connectivity index (χ1v) is 13.7. The van der Waals surface area contributed by atoms with E-state index in [-0.39, 0.29) is 28.5 Å². The summed E-state index contributed by atoms with van der Waals surface area (Å²) >= 11 is 0. The summed E-state index contributed by atoms with van der Waals surface area (Å²) < 4.78 is 0. The molecule has 0 amide bonds. The molecule has 0 aromatic heterocycles. The number of fused-ring (bicyclic) bond motifs is 6. The molecule has 176 valence electrons. The number of hydrogen-bond acceptors (Lipinski definition) is 2. The Hall–Kier alpha value is -0.340. The largest absolute Gasteiger partial charge is 0.393 e. The van der Waals surface area contributed by atoms with Crippen molar-refractivity contribution in [1.29, 1.82) is 0 Å². The fraction of sp³-hybridized carbons (Fsp3) is 0.931. The van der Waals surface area contributed by atoms with E-state index in [1.165, 1.54) is 51.4 Å². The molecule has 9 atom stereocenters. The number of aliphatic hydroxyl groups is 2.